The van der Waals surface area contributed by atoms with Gasteiger partial charge in [0.25, 0.3) is 0 Å². The molecule has 0 aromatic rings. The molecule has 0 heterocycles. The summed E-state index contributed by atoms with van der Waals surface area (Å²) in [6.45, 7) is 6.93. The molecule has 0 aromatic carbocycles. The van der Waals surface area contributed by atoms with Crippen LogP contribution in [0.15, 0.2) is 0 Å². The summed E-state index contributed by atoms with van der Waals surface area (Å²) in [7, 11) is 0. The zero-order chi connectivity index (χ0) is 9.84. The van der Waals surface area contributed by atoms with Crippen molar-refractivity contribution in [3.63, 3.8) is 0 Å². The summed E-state index contributed by atoms with van der Waals surface area (Å²) in [5, 5.41) is 0. The summed E-state index contributed by atoms with van der Waals surface area (Å²) in [6, 6.07) is 0.491. The molecule has 0 radical (unpaired) electrons. The second-order valence-corrected chi connectivity index (χ2v) is 5.14. The van der Waals surface area contributed by atoms with Crippen molar-refractivity contribution in [2.24, 2.45) is 23.5 Å². The van der Waals surface area contributed by atoms with Crippen LogP contribution in [0.4, 0.5) is 0 Å². The Bertz CT molecular complexity index is 142. The number of rotatable bonds is 3. The lowest BCUT2D eigenvalue weighted by atomic mass is 9.74. The van der Waals surface area contributed by atoms with Crippen LogP contribution in [-0.2, 0) is 0 Å². The summed E-state index contributed by atoms with van der Waals surface area (Å²) in [5.41, 5.74) is 6.14. The fraction of sp³-hybridized carbons (Fsp3) is 1.00. The van der Waals surface area contributed by atoms with Gasteiger partial charge in [-0.2, -0.15) is 0 Å². The number of hydrogen-bond donors (Lipinski definition) is 1. The highest BCUT2D eigenvalue weighted by atomic mass is 14.7. The second kappa shape index (κ2) is 4.99. The van der Waals surface area contributed by atoms with Gasteiger partial charge in [-0.25, -0.2) is 0 Å². The van der Waals surface area contributed by atoms with Gasteiger partial charge in [0.1, 0.15) is 0 Å². The van der Waals surface area contributed by atoms with E-state index in [9.17, 15) is 0 Å². The van der Waals surface area contributed by atoms with Crippen molar-refractivity contribution in [3.05, 3.63) is 0 Å². The van der Waals surface area contributed by atoms with Gasteiger partial charge in [-0.1, -0.05) is 27.2 Å². The highest BCUT2D eigenvalue weighted by Crippen LogP contribution is 2.33. The third-order valence-electron chi connectivity index (χ3n) is 3.50. The van der Waals surface area contributed by atoms with E-state index < -0.39 is 0 Å². The Morgan fingerprint density at radius 1 is 1.31 bits per heavy atom. The molecule has 0 bridgehead atoms. The van der Waals surface area contributed by atoms with Crippen LogP contribution in [0.1, 0.15) is 52.9 Å². The Hall–Kier alpha value is -0.0400. The molecule has 0 amide bonds. The van der Waals surface area contributed by atoms with E-state index in [0.29, 0.717) is 6.04 Å². The molecule has 1 aliphatic carbocycles. The molecule has 1 nitrogen and oxygen atoms in total. The molecule has 1 rings (SSSR count). The largest absolute Gasteiger partial charge is 0.327 e. The maximum atomic E-state index is 6.14. The Morgan fingerprint density at radius 3 is 2.54 bits per heavy atom. The standard InChI is InChI=1S/C12H25N/c1-4-10-5-6-12(13)11(8-10)7-9(2)3/h9-12H,4-8,13H2,1-3H3. The molecule has 1 fully saturated rings. The van der Waals surface area contributed by atoms with E-state index >= 15 is 0 Å². The Balaban J connectivity index is 2.40. The molecule has 1 aliphatic rings. The van der Waals surface area contributed by atoms with Crippen LogP contribution in [0.5, 0.6) is 0 Å². The van der Waals surface area contributed by atoms with Gasteiger partial charge in [-0.05, 0) is 43.4 Å². The maximum absolute atomic E-state index is 6.14. The van der Waals surface area contributed by atoms with E-state index in [-0.39, 0.29) is 0 Å². The molecule has 13 heavy (non-hydrogen) atoms. The van der Waals surface area contributed by atoms with Crippen LogP contribution in [-0.4, -0.2) is 6.04 Å². The van der Waals surface area contributed by atoms with Gasteiger partial charge in [0.05, 0.1) is 0 Å². The fourth-order valence-electron chi connectivity index (χ4n) is 2.63. The minimum Gasteiger partial charge on any atom is -0.327 e. The van der Waals surface area contributed by atoms with E-state index in [0.717, 1.165) is 17.8 Å². The predicted octanol–water partition coefficient (Wildman–Crippen LogP) is 3.19. The fourth-order valence-corrected chi connectivity index (χ4v) is 2.63. The predicted molar refractivity (Wildman–Crippen MR) is 58.6 cm³/mol. The minimum atomic E-state index is 0.491. The second-order valence-electron chi connectivity index (χ2n) is 5.14. The van der Waals surface area contributed by atoms with Crippen LogP contribution in [0.25, 0.3) is 0 Å². The molecule has 3 unspecified atom stereocenters. The van der Waals surface area contributed by atoms with Gasteiger partial charge in [-0.15, -0.1) is 0 Å². The molecule has 0 spiro atoms. The van der Waals surface area contributed by atoms with E-state index in [2.05, 4.69) is 20.8 Å². The van der Waals surface area contributed by atoms with Crippen LogP contribution in [0.3, 0.4) is 0 Å². The number of hydrogen-bond acceptors (Lipinski definition) is 1. The molecule has 0 aliphatic heterocycles. The first-order chi connectivity index (χ1) is 6.13. The molecule has 0 saturated heterocycles. The quantitative estimate of drug-likeness (QED) is 0.714. The monoisotopic (exact) mass is 183 g/mol. The first-order valence-corrected chi connectivity index (χ1v) is 5.89. The molecule has 1 heteroatoms. The molecule has 3 atom stereocenters. The third kappa shape index (κ3) is 3.30. The van der Waals surface area contributed by atoms with Crippen molar-refractivity contribution in [2.75, 3.05) is 0 Å². The zero-order valence-electron chi connectivity index (χ0n) is 9.42. The van der Waals surface area contributed by atoms with Gasteiger partial charge in [0.2, 0.25) is 0 Å². The van der Waals surface area contributed by atoms with Crippen molar-refractivity contribution in [2.45, 2.75) is 58.9 Å². The molecule has 2 N–H and O–H groups in total. The Kier molecular flexibility index (Phi) is 4.24. The van der Waals surface area contributed by atoms with E-state index in [4.69, 9.17) is 5.73 Å². The third-order valence-corrected chi connectivity index (χ3v) is 3.50. The SMILES string of the molecule is CCC1CCC(N)C(CC(C)C)C1. The smallest absolute Gasteiger partial charge is 0.00674 e. The summed E-state index contributed by atoms with van der Waals surface area (Å²) in [4.78, 5) is 0. The van der Waals surface area contributed by atoms with E-state index in [1.807, 2.05) is 0 Å². The van der Waals surface area contributed by atoms with Crippen LogP contribution >= 0.6 is 0 Å². The van der Waals surface area contributed by atoms with Crippen molar-refractivity contribution in [1.82, 2.24) is 0 Å². The highest BCUT2D eigenvalue weighted by molar-refractivity contribution is 4.82. The summed E-state index contributed by atoms with van der Waals surface area (Å²) in [5.74, 6) is 2.58. The van der Waals surface area contributed by atoms with Crippen LogP contribution < -0.4 is 5.73 Å². The maximum Gasteiger partial charge on any atom is 0.00674 e. The average Bonchev–Trinajstić information content (AvgIpc) is 2.08. The van der Waals surface area contributed by atoms with Crippen molar-refractivity contribution in [3.8, 4) is 0 Å². The van der Waals surface area contributed by atoms with Crippen molar-refractivity contribution >= 4 is 0 Å². The molecule has 1 saturated carbocycles. The van der Waals surface area contributed by atoms with Gasteiger partial charge in [0, 0.05) is 6.04 Å². The van der Waals surface area contributed by atoms with Crippen molar-refractivity contribution < 1.29 is 0 Å². The lowest BCUT2D eigenvalue weighted by Gasteiger charge is -2.34. The lowest BCUT2D eigenvalue weighted by molar-refractivity contribution is 0.202. The average molecular weight is 183 g/mol. The van der Waals surface area contributed by atoms with Crippen LogP contribution in [0.2, 0.25) is 0 Å². The Morgan fingerprint density at radius 2 is 2.00 bits per heavy atom. The molecular formula is C12H25N. The Labute approximate surface area is 83.1 Å². The van der Waals surface area contributed by atoms with Crippen LogP contribution in [0, 0.1) is 17.8 Å². The van der Waals surface area contributed by atoms with Crippen molar-refractivity contribution in [1.29, 1.82) is 0 Å². The van der Waals surface area contributed by atoms with E-state index in [1.54, 1.807) is 0 Å². The van der Waals surface area contributed by atoms with E-state index in [1.165, 1.54) is 32.1 Å². The van der Waals surface area contributed by atoms with Gasteiger partial charge in [0.15, 0.2) is 0 Å². The summed E-state index contributed by atoms with van der Waals surface area (Å²) in [6.07, 6.45) is 6.69. The number of nitrogens with two attached hydrogens (primary N) is 1. The zero-order valence-corrected chi connectivity index (χ0v) is 9.42. The summed E-state index contributed by atoms with van der Waals surface area (Å²) >= 11 is 0. The molecule has 78 valence electrons. The summed E-state index contributed by atoms with van der Waals surface area (Å²) < 4.78 is 0. The minimum absolute atomic E-state index is 0.491. The van der Waals surface area contributed by atoms with Gasteiger partial charge < -0.3 is 5.73 Å². The normalized spacial score (nSPS) is 35.3. The molecule has 0 aromatic heterocycles. The molecular weight excluding hydrogens is 158 g/mol. The first kappa shape index (κ1) is 11.0. The van der Waals surface area contributed by atoms with Gasteiger partial charge in [-0.3, -0.25) is 0 Å². The first-order valence-electron chi connectivity index (χ1n) is 5.89. The highest BCUT2D eigenvalue weighted by Gasteiger charge is 2.27. The topological polar surface area (TPSA) is 26.0 Å². The van der Waals surface area contributed by atoms with Gasteiger partial charge >= 0.3 is 0 Å². The lowest BCUT2D eigenvalue weighted by Crippen LogP contribution is -2.36.